The minimum atomic E-state index is -0.243. The predicted octanol–water partition coefficient (Wildman–Crippen LogP) is 3.75. The molecule has 1 aromatic rings. The van der Waals surface area contributed by atoms with E-state index in [4.69, 9.17) is 16.5 Å². The largest absolute Gasteiger partial charge is 0.497 e. The maximum Gasteiger partial charge on any atom is 0.243 e. The van der Waals surface area contributed by atoms with Crippen molar-refractivity contribution in [2.45, 2.75) is 38.5 Å². The van der Waals surface area contributed by atoms with Gasteiger partial charge in [-0.25, -0.2) is 0 Å². The third-order valence-corrected chi connectivity index (χ3v) is 6.68. The third-order valence-electron chi connectivity index (χ3n) is 6.39. The van der Waals surface area contributed by atoms with Gasteiger partial charge in [-0.15, -0.1) is 0 Å². The van der Waals surface area contributed by atoms with Crippen LogP contribution in [0.3, 0.4) is 0 Å². The molecule has 1 aromatic carbocycles. The summed E-state index contributed by atoms with van der Waals surface area (Å²) < 4.78 is 6.80. The molecule has 1 saturated carbocycles. The van der Waals surface area contributed by atoms with Gasteiger partial charge in [0, 0.05) is 18.3 Å². The number of benzene rings is 1. The van der Waals surface area contributed by atoms with Crippen LogP contribution in [-0.4, -0.2) is 24.0 Å². The van der Waals surface area contributed by atoms with Crippen LogP contribution in [0.2, 0.25) is 0 Å². The number of fused-ring (bicyclic) bond motifs is 5. The van der Waals surface area contributed by atoms with Crippen LogP contribution in [-0.2, 0) is 11.2 Å². The predicted molar refractivity (Wildman–Crippen MR) is 85.9 cm³/mol. The van der Waals surface area contributed by atoms with E-state index in [-0.39, 0.29) is 11.3 Å². The number of carbonyl (C=O) groups is 1. The summed E-state index contributed by atoms with van der Waals surface area (Å²) in [5.74, 6) is 2.63. The fourth-order valence-electron chi connectivity index (χ4n) is 5.14. The molecular weight excluding hydrogens is 298 g/mol. The molecule has 1 heterocycles. The zero-order valence-electron chi connectivity index (χ0n) is 13.1. The second kappa shape index (κ2) is 4.89. The summed E-state index contributed by atoms with van der Waals surface area (Å²) in [5.41, 5.74) is 2.66. The van der Waals surface area contributed by atoms with Crippen LogP contribution in [0, 0.1) is 17.3 Å². The Morgan fingerprint density at radius 1 is 1.36 bits per heavy atom. The molecule has 4 rings (SSSR count). The van der Waals surface area contributed by atoms with E-state index in [0.717, 1.165) is 31.4 Å². The maximum absolute atomic E-state index is 12.4. The van der Waals surface area contributed by atoms with Gasteiger partial charge in [-0.3, -0.25) is 9.21 Å². The number of rotatable bonds is 1. The van der Waals surface area contributed by atoms with Crippen molar-refractivity contribution in [1.82, 2.24) is 4.42 Å². The second-order valence-corrected chi connectivity index (χ2v) is 7.69. The molecule has 0 spiro atoms. The highest BCUT2D eigenvalue weighted by Gasteiger charge is 2.57. The number of amides is 1. The summed E-state index contributed by atoms with van der Waals surface area (Å²) in [7, 11) is 1.72. The molecule has 4 atom stereocenters. The minimum Gasteiger partial charge on any atom is -0.497 e. The summed E-state index contributed by atoms with van der Waals surface area (Å²) in [4.78, 5) is 12.4. The number of aryl methyl sites for hydroxylation is 1. The molecule has 1 aliphatic heterocycles. The van der Waals surface area contributed by atoms with Gasteiger partial charge >= 0.3 is 0 Å². The molecule has 2 fully saturated rings. The molecule has 22 heavy (non-hydrogen) atoms. The van der Waals surface area contributed by atoms with Gasteiger partial charge in [-0.05, 0) is 66.7 Å². The highest BCUT2D eigenvalue weighted by molar-refractivity contribution is 6.22. The topological polar surface area (TPSA) is 29.5 Å². The molecule has 1 amide bonds. The molecule has 0 N–H and O–H groups in total. The van der Waals surface area contributed by atoms with Gasteiger partial charge in [0.15, 0.2) is 0 Å². The lowest BCUT2D eigenvalue weighted by Crippen LogP contribution is -2.43. The van der Waals surface area contributed by atoms with Crippen LogP contribution in [0.5, 0.6) is 5.75 Å². The van der Waals surface area contributed by atoms with Crippen LogP contribution < -0.4 is 4.74 Å². The maximum atomic E-state index is 12.4. The lowest BCUT2D eigenvalue weighted by Gasteiger charge is -2.47. The van der Waals surface area contributed by atoms with E-state index in [1.807, 2.05) is 0 Å². The first-order chi connectivity index (χ1) is 10.5. The Bertz CT molecular complexity index is 632. The summed E-state index contributed by atoms with van der Waals surface area (Å²) in [6, 6.07) is 6.50. The van der Waals surface area contributed by atoms with Crippen molar-refractivity contribution in [3.05, 3.63) is 29.3 Å². The third kappa shape index (κ3) is 1.84. The Morgan fingerprint density at radius 3 is 2.95 bits per heavy atom. The highest BCUT2D eigenvalue weighted by atomic mass is 35.5. The summed E-state index contributed by atoms with van der Waals surface area (Å²) >= 11 is 6.17. The van der Waals surface area contributed by atoms with E-state index in [1.165, 1.54) is 15.5 Å². The fraction of sp³-hybridized carbons (Fsp3) is 0.611. The van der Waals surface area contributed by atoms with Crippen LogP contribution >= 0.6 is 11.8 Å². The van der Waals surface area contributed by atoms with Crippen molar-refractivity contribution in [3.63, 3.8) is 0 Å². The zero-order chi connectivity index (χ0) is 15.5. The first-order valence-electron chi connectivity index (χ1n) is 8.19. The van der Waals surface area contributed by atoms with Gasteiger partial charge in [0.25, 0.3) is 0 Å². The van der Waals surface area contributed by atoms with Gasteiger partial charge in [-0.2, -0.15) is 0 Å². The number of ether oxygens (including phenoxy) is 1. The molecule has 0 bridgehead atoms. The van der Waals surface area contributed by atoms with Gasteiger partial charge in [0.1, 0.15) is 5.75 Å². The average Bonchev–Trinajstić information content (AvgIpc) is 2.77. The van der Waals surface area contributed by atoms with E-state index >= 15 is 0 Å². The Hall–Kier alpha value is -1.22. The molecule has 3 nitrogen and oxygen atoms in total. The van der Waals surface area contributed by atoms with Gasteiger partial charge < -0.3 is 4.74 Å². The minimum absolute atomic E-state index is 0.137. The Morgan fingerprint density at radius 2 is 2.18 bits per heavy atom. The Balaban J connectivity index is 1.70. The lowest BCUT2D eigenvalue weighted by molar-refractivity contribution is -0.134. The first-order valence-corrected chi connectivity index (χ1v) is 8.53. The van der Waals surface area contributed by atoms with Crippen molar-refractivity contribution in [1.29, 1.82) is 0 Å². The molecule has 0 aromatic heterocycles. The number of methoxy groups -OCH3 is 1. The van der Waals surface area contributed by atoms with Crippen LogP contribution in [0.15, 0.2) is 18.2 Å². The summed E-state index contributed by atoms with van der Waals surface area (Å²) in [6.07, 6.45) is 4.28. The van der Waals surface area contributed by atoms with Crippen molar-refractivity contribution in [2.24, 2.45) is 17.3 Å². The number of halogens is 1. The molecule has 0 radical (unpaired) electrons. The van der Waals surface area contributed by atoms with Gasteiger partial charge in [-0.1, -0.05) is 13.0 Å². The summed E-state index contributed by atoms with van der Waals surface area (Å²) in [5, 5.41) is 0. The molecule has 3 aliphatic rings. The second-order valence-electron chi connectivity index (χ2n) is 7.29. The Labute approximate surface area is 136 Å². The highest BCUT2D eigenvalue weighted by Crippen LogP contribution is 2.58. The number of carbonyl (C=O) groups excluding carboxylic acids is 1. The normalized spacial score (nSPS) is 36.6. The van der Waals surface area contributed by atoms with E-state index in [1.54, 1.807) is 7.11 Å². The molecule has 118 valence electrons. The summed E-state index contributed by atoms with van der Waals surface area (Å²) in [6.45, 7) is 2.84. The van der Waals surface area contributed by atoms with Crippen molar-refractivity contribution in [2.75, 3.05) is 13.7 Å². The van der Waals surface area contributed by atoms with Gasteiger partial charge in [0.2, 0.25) is 5.91 Å². The van der Waals surface area contributed by atoms with Crippen molar-refractivity contribution in [3.8, 4) is 5.75 Å². The van der Waals surface area contributed by atoms with Crippen LogP contribution in [0.4, 0.5) is 0 Å². The van der Waals surface area contributed by atoms with Crippen molar-refractivity contribution < 1.29 is 9.53 Å². The van der Waals surface area contributed by atoms with E-state index in [2.05, 4.69) is 25.1 Å². The number of hydrogen-bond donors (Lipinski definition) is 0. The monoisotopic (exact) mass is 319 g/mol. The fourth-order valence-corrected chi connectivity index (χ4v) is 5.48. The molecular formula is C18H22ClNO2. The smallest absolute Gasteiger partial charge is 0.243 e. The van der Waals surface area contributed by atoms with Crippen molar-refractivity contribution >= 4 is 17.7 Å². The zero-order valence-corrected chi connectivity index (χ0v) is 13.9. The van der Waals surface area contributed by atoms with E-state index in [0.29, 0.717) is 24.3 Å². The molecule has 1 saturated heterocycles. The van der Waals surface area contributed by atoms with Crippen LogP contribution in [0.1, 0.15) is 43.2 Å². The Kier molecular flexibility index (Phi) is 3.19. The first kappa shape index (κ1) is 14.4. The molecule has 4 unspecified atom stereocenters. The number of hydrogen-bond acceptors (Lipinski definition) is 2. The lowest BCUT2D eigenvalue weighted by atomic mass is 9.55. The quantitative estimate of drug-likeness (QED) is 0.738. The number of nitrogens with zero attached hydrogens (tertiary/aromatic N) is 1. The SMILES string of the molecule is COc1ccc2c(c1)CCC1C2CCC2(C)C(=O)N(Cl)CC12. The van der Waals surface area contributed by atoms with Gasteiger partial charge in [0.05, 0.1) is 12.5 Å². The standard InChI is InChI=1S/C18H22ClNO2/c1-18-8-7-14-13-6-4-12(22-2)9-11(13)3-5-15(14)16(18)10-20(19)17(18)21/h4,6,9,14-16H,3,5,7-8,10H2,1-2H3. The van der Waals surface area contributed by atoms with Crippen LogP contribution in [0.25, 0.3) is 0 Å². The molecule has 4 heteroatoms. The molecule has 2 aliphatic carbocycles. The van der Waals surface area contributed by atoms with E-state index in [9.17, 15) is 4.79 Å². The average molecular weight is 320 g/mol. The van der Waals surface area contributed by atoms with E-state index < -0.39 is 0 Å².